The highest BCUT2D eigenvalue weighted by atomic mass is 16.2. The lowest BCUT2D eigenvalue weighted by Crippen LogP contribution is -2.46. The van der Waals surface area contributed by atoms with Gasteiger partial charge in [0.05, 0.1) is 6.54 Å². The molecule has 10 nitrogen and oxygen atoms in total. The molecule has 32 heavy (non-hydrogen) atoms. The van der Waals surface area contributed by atoms with E-state index in [1.54, 1.807) is 42.6 Å². The van der Waals surface area contributed by atoms with Gasteiger partial charge in [-0.25, -0.2) is 14.3 Å². The Morgan fingerprint density at radius 3 is 2.56 bits per heavy atom. The van der Waals surface area contributed by atoms with Gasteiger partial charge in [0, 0.05) is 11.9 Å². The fraction of sp³-hybridized carbons (Fsp3) is 0.318. The third-order valence-corrected chi connectivity index (χ3v) is 5.79. The lowest BCUT2D eigenvalue weighted by molar-refractivity contribution is -0.134. The summed E-state index contributed by atoms with van der Waals surface area (Å²) >= 11 is 0. The van der Waals surface area contributed by atoms with E-state index in [1.165, 1.54) is 9.08 Å². The van der Waals surface area contributed by atoms with Crippen molar-refractivity contribution in [3.8, 4) is 0 Å². The summed E-state index contributed by atoms with van der Waals surface area (Å²) < 4.78 is 2.80. The molecule has 1 aliphatic heterocycles. The van der Waals surface area contributed by atoms with E-state index in [9.17, 15) is 19.2 Å². The van der Waals surface area contributed by atoms with Crippen molar-refractivity contribution in [2.75, 3.05) is 11.9 Å². The molecule has 0 spiro atoms. The van der Waals surface area contributed by atoms with Crippen molar-refractivity contribution < 1.29 is 14.4 Å². The summed E-state index contributed by atoms with van der Waals surface area (Å²) in [7, 11) is 0. The van der Waals surface area contributed by atoms with Crippen LogP contribution in [-0.4, -0.2) is 49.0 Å². The molecule has 0 radical (unpaired) electrons. The topological polar surface area (TPSA) is 118 Å². The predicted octanol–water partition coefficient (Wildman–Crippen LogP) is 1.59. The van der Waals surface area contributed by atoms with E-state index in [0.29, 0.717) is 24.2 Å². The first-order valence-corrected chi connectivity index (χ1v) is 10.4. The molecular formula is C22H24N6O4. The molecule has 0 saturated carbocycles. The van der Waals surface area contributed by atoms with Crippen molar-refractivity contribution in [3.05, 3.63) is 64.7 Å². The largest absolute Gasteiger partial charge is 0.350 e. The van der Waals surface area contributed by atoms with E-state index in [0.717, 1.165) is 10.5 Å². The van der Waals surface area contributed by atoms with Crippen molar-refractivity contribution in [2.45, 2.75) is 38.8 Å². The molecule has 3 aromatic rings. The van der Waals surface area contributed by atoms with Gasteiger partial charge in [-0.1, -0.05) is 32.0 Å². The van der Waals surface area contributed by atoms with Crippen molar-refractivity contribution in [1.82, 2.24) is 24.4 Å². The van der Waals surface area contributed by atoms with E-state index < -0.39 is 17.5 Å². The van der Waals surface area contributed by atoms with Gasteiger partial charge in [-0.2, -0.15) is 0 Å². The van der Waals surface area contributed by atoms with Gasteiger partial charge < -0.3 is 10.6 Å². The molecule has 1 aromatic carbocycles. The fourth-order valence-corrected chi connectivity index (χ4v) is 3.88. The number of carbonyl (C=O) groups is 3. The lowest BCUT2D eigenvalue weighted by Gasteiger charge is -2.23. The highest BCUT2D eigenvalue weighted by Crippen LogP contribution is 2.24. The second-order valence-electron chi connectivity index (χ2n) is 7.73. The number of carbonyl (C=O) groups excluding carboxylic acids is 3. The average molecular weight is 436 g/mol. The Labute approximate surface area is 183 Å². The first-order chi connectivity index (χ1) is 15.4. The lowest BCUT2D eigenvalue weighted by atomic mass is 9.93. The second-order valence-corrected chi connectivity index (χ2v) is 7.73. The minimum atomic E-state index is -0.946. The molecule has 0 unspecified atom stereocenters. The first-order valence-electron chi connectivity index (χ1n) is 10.4. The van der Waals surface area contributed by atoms with E-state index in [2.05, 4.69) is 15.7 Å². The van der Waals surface area contributed by atoms with Crippen LogP contribution in [0.5, 0.6) is 0 Å². The van der Waals surface area contributed by atoms with E-state index in [4.69, 9.17) is 0 Å². The number of amides is 4. The van der Waals surface area contributed by atoms with Crippen LogP contribution in [0.4, 0.5) is 10.5 Å². The van der Waals surface area contributed by atoms with Crippen LogP contribution in [0.25, 0.3) is 5.65 Å². The van der Waals surface area contributed by atoms with Gasteiger partial charge in [-0.05, 0) is 42.7 Å². The number of rotatable bonds is 7. The number of fused-ring (bicyclic) bond motifs is 1. The Morgan fingerprint density at radius 2 is 1.88 bits per heavy atom. The van der Waals surface area contributed by atoms with Crippen LogP contribution in [0.15, 0.2) is 53.5 Å². The number of aromatic nitrogens is 3. The number of hydrogen-bond acceptors (Lipinski definition) is 5. The molecule has 1 saturated heterocycles. The summed E-state index contributed by atoms with van der Waals surface area (Å²) in [5.74, 6) is -0.874. The Bertz CT molecular complexity index is 1260. The van der Waals surface area contributed by atoms with Crippen LogP contribution >= 0.6 is 0 Å². The molecule has 1 aliphatic rings. The summed E-state index contributed by atoms with van der Waals surface area (Å²) in [6.45, 7) is 3.51. The van der Waals surface area contributed by atoms with Gasteiger partial charge in [0.1, 0.15) is 12.1 Å². The zero-order valence-corrected chi connectivity index (χ0v) is 17.9. The fourth-order valence-electron chi connectivity index (χ4n) is 3.88. The number of benzene rings is 1. The first kappa shape index (κ1) is 21.3. The van der Waals surface area contributed by atoms with Crippen LogP contribution in [0, 0.1) is 0 Å². The number of pyridine rings is 1. The second kappa shape index (κ2) is 8.29. The maximum Gasteiger partial charge on any atom is 0.350 e. The standard InChI is InChI=1S/C22H24N6O4/c1-3-22(4-2)19(30)27(20(31)24-22)14-18(29)23-16-9-7-8-15(12-16)13-28-21(32)26-11-6-5-10-17(26)25-28/h5-12H,3-4,13-14H2,1-2H3,(H,23,29)(H,24,31). The highest BCUT2D eigenvalue weighted by molar-refractivity contribution is 6.10. The molecule has 0 bridgehead atoms. The van der Waals surface area contributed by atoms with Crippen molar-refractivity contribution >= 4 is 29.2 Å². The monoisotopic (exact) mass is 436 g/mol. The van der Waals surface area contributed by atoms with Crippen LogP contribution in [-0.2, 0) is 16.1 Å². The van der Waals surface area contributed by atoms with Crippen LogP contribution < -0.4 is 16.3 Å². The molecule has 0 aliphatic carbocycles. The Balaban J connectivity index is 1.45. The SMILES string of the molecule is CCC1(CC)NC(=O)N(CC(=O)Nc2cccc(Cn3nc4ccccn4c3=O)c2)C1=O. The van der Waals surface area contributed by atoms with Crippen molar-refractivity contribution in [3.63, 3.8) is 0 Å². The molecule has 3 heterocycles. The van der Waals surface area contributed by atoms with E-state index >= 15 is 0 Å². The summed E-state index contributed by atoms with van der Waals surface area (Å²) in [4.78, 5) is 50.9. The van der Waals surface area contributed by atoms with Crippen LogP contribution in [0.2, 0.25) is 0 Å². The van der Waals surface area contributed by atoms with Crippen LogP contribution in [0.3, 0.4) is 0 Å². The summed E-state index contributed by atoms with van der Waals surface area (Å²) in [5.41, 5.74) is 0.598. The Hall–Kier alpha value is -3.95. The zero-order valence-electron chi connectivity index (χ0n) is 17.9. The summed E-state index contributed by atoms with van der Waals surface area (Å²) in [6.07, 6.45) is 2.56. The normalized spacial score (nSPS) is 15.2. The highest BCUT2D eigenvalue weighted by Gasteiger charge is 2.49. The van der Waals surface area contributed by atoms with Gasteiger partial charge in [-0.15, -0.1) is 5.10 Å². The molecule has 0 atom stereocenters. The molecule has 4 amide bonds. The summed E-state index contributed by atoms with van der Waals surface area (Å²) in [6, 6.07) is 11.7. The Kier molecular flexibility index (Phi) is 5.52. The summed E-state index contributed by atoms with van der Waals surface area (Å²) in [5, 5.41) is 9.72. The molecule has 166 valence electrons. The van der Waals surface area contributed by atoms with Gasteiger partial charge in [0.25, 0.3) is 5.91 Å². The van der Waals surface area contributed by atoms with Gasteiger partial charge >= 0.3 is 11.7 Å². The number of imide groups is 1. The smallest absolute Gasteiger partial charge is 0.325 e. The number of nitrogens with zero attached hydrogens (tertiary/aromatic N) is 4. The Morgan fingerprint density at radius 1 is 1.09 bits per heavy atom. The van der Waals surface area contributed by atoms with E-state index in [1.807, 2.05) is 19.9 Å². The third kappa shape index (κ3) is 3.75. The zero-order chi connectivity index (χ0) is 22.9. The maximum absolute atomic E-state index is 12.7. The minimum absolute atomic E-state index is 0.229. The molecule has 2 N–H and O–H groups in total. The average Bonchev–Trinajstić information content (AvgIpc) is 3.22. The molecule has 2 aromatic heterocycles. The molecular weight excluding hydrogens is 412 g/mol. The van der Waals surface area contributed by atoms with E-state index in [-0.39, 0.29) is 24.7 Å². The predicted molar refractivity (Wildman–Crippen MR) is 117 cm³/mol. The molecule has 10 heteroatoms. The number of urea groups is 1. The van der Waals surface area contributed by atoms with Crippen LogP contribution in [0.1, 0.15) is 32.3 Å². The van der Waals surface area contributed by atoms with Gasteiger partial charge in [-0.3, -0.25) is 18.9 Å². The quantitative estimate of drug-likeness (QED) is 0.546. The maximum atomic E-state index is 12.7. The number of nitrogens with one attached hydrogen (secondary N) is 2. The number of anilines is 1. The van der Waals surface area contributed by atoms with Crippen molar-refractivity contribution in [2.24, 2.45) is 0 Å². The third-order valence-electron chi connectivity index (χ3n) is 5.79. The van der Waals surface area contributed by atoms with Crippen molar-refractivity contribution in [1.29, 1.82) is 0 Å². The van der Waals surface area contributed by atoms with Gasteiger partial charge in [0.2, 0.25) is 5.91 Å². The minimum Gasteiger partial charge on any atom is -0.325 e. The molecule has 4 rings (SSSR count). The van der Waals surface area contributed by atoms with Gasteiger partial charge in [0.15, 0.2) is 5.65 Å². The molecule has 1 fully saturated rings. The number of hydrogen-bond donors (Lipinski definition) is 2.